The van der Waals surface area contributed by atoms with Gasteiger partial charge in [0.15, 0.2) is 0 Å². The van der Waals surface area contributed by atoms with E-state index in [4.69, 9.17) is 4.74 Å². The van der Waals surface area contributed by atoms with Gasteiger partial charge in [-0.15, -0.1) is 0 Å². The van der Waals surface area contributed by atoms with Gasteiger partial charge in [-0.05, 0) is 26.0 Å². The summed E-state index contributed by atoms with van der Waals surface area (Å²) in [4.78, 5) is 17.7. The van der Waals surface area contributed by atoms with Crippen LogP contribution in [0.1, 0.15) is 24.3 Å². The monoisotopic (exact) mass is 406 g/mol. The van der Waals surface area contributed by atoms with E-state index in [1.807, 2.05) is 44.2 Å². The van der Waals surface area contributed by atoms with Crippen LogP contribution >= 0.6 is 0 Å². The van der Waals surface area contributed by atoms with Gasteiger partial charge < -0.3 is 14.6 Å². The Balaban J connectivity index is 1.41. The highest BCUT2D eigenvalue weighted by molar-refractivity contribution is 7.86. The number of para-hydroxylation sites is 1. The summed E-state index contributed by atoms with van der Waals surface area (Å²) < 4.78 is 34.6. The molecule has 1 amide bonds. The second-order valence-corrected chi connectivity index (χ2v) is 9.47. The molecule has 3 heterocycles. The lowest BCUT2D eigenvalue weighted by atomic mass is 10.2. The molecule has 1 aromatic carbocycles. The molecule has 2 aliphatic heterocycles. The zero-order valence-corrected chi connectivity index (χ0v) is 17.0. The van der Waals surface area contributed by atoms with Crippen molar-refractivity contribution < 1.29 is 17.9 Å². The number of nitrogens with zero attached hydrogens (tertiary/aromatic N) is 3. The predicted molar refractivity (Wildman–Crippen MR) is 106 cm³/mol. The number of rotatable bonds is 3. The molecular formula is C19H26N4O4S. The Bertz CT molecular complexity index is 922. The normalized spacial score (nSPS) is 25.3. The summed E-state index contributed by atoms with van der Waals surface area (Å²) in [6.45, 7) is 5.85. The number of carbonyl (C=O) groups is 1. The maximum atomic E-state index is 13.0. The van der Waals surface area contributed by atoms with Crippen LogP contribution in [-0.4, -0.2) is 84.3 Å². The summed E-state index contributed by atoms with van der Waals surface area (Å²) in [5.41, 5.74) is 1.45. The molecule has 2 fully saturated rings. The van der Waals surface area contributed by atoms with Crippen LogP contribution in [0.3, 0.4) is 0 Å². The summed E-state index contributed by atoms with van der Waals surface area (Å²) in [7, 11) is -3.54. The van der Waals surface area contributed by atoms with Crippen molar-refractivity contribution in [2.24, 2.45) is 0 Å². The smallest absolute Gasteiger partial charge is 0.282 e. The molecule has 28 heavy (non-hydrogen) atoms. The molecule has 1 N–H and O–H groups in total. The average Bonchev–Trinajstić information content (AvgIpc) is 3.11. The second kappa shape index (κ2) is 7.47. The van der Waals surface area contributed by atoms with Crippen molar-refractivity contribution in [3.8, 4) is 0 Å². The van der Waals surface area contributed by atoms with Gasteiger partial charge in [0.2, 0.25) is 0 Å². The summed E-state index contributed by atoms with van der Waals surface area (Å²) in [5.74, 6) is -0.0955. The van der Waals surface area contributed by atoms with Crippen molar-refractivity contribution in [3.05, 3.63) is 36.0 Å². The van der Waals surface area contributed by atoms with Gasteiger partial charge in [-0.2, -0.15) is 17.0 Å². The first-order valence-electron chi connectivity index (χ1n) is 9.62. The highest BCUT2D eigenvalue weighted by Gasteiger charge is 2.37. The van der Waals surface area contributed by atoms with Crippen LogP contribution in [-0.2, 0) is 14.9 Å². The highest BCUT2D eigenvalue weighted by Crippen LogP contribution is 2.20. The number of hydrogen-bond acceptors (Lipinski definition) is 4. The van der Waals surface area contributed by atoms with Crippen LogP contribution in [0.4, 0.5) is 0 Å². The Morgan fingerprint density at radius 1 is 1.04 bits per heavy atom. The number of H-pyrrole nitrogens is 1. The molecule has 1 aromatic heterocycles. The second-order valence-electron chi connectivity index (χ2n) is 7.54. The van der Waals surface area contributed by atoms with Gasteiger partial charge in [0.1, 0.15) is 5.69 Å². The molecule has 9 heteroatoms. The number of carbonyl (C=O) groups excluding carboxylic acids is 1. The molecule has 0 radical (unpaired) electrons. The fraction of sp³-hybridized carbons (Fsp3) is 0.526. The molecule has 0 spiro atoms. The minimum absolute atomic E-state index is 0.0955. The van der Waals surface area contributed by atoms with Gasteiger partial charge in [-0.3, -0.25) is 4.79 Å². The van der Waals surface area contributed by atoms with Crippen molar-refractivity contribution in [2.75, 3.05) is 39.3 Å². The number of nitrogens with one attached hydrogen (secondary N) is 1. The molecule has 2 aromatic rings. The first kappa shape index (κ1) is 19.4. The van der Waals surface area contributed by atoms with Gasteiger partial charge >= 0.3 is 0 Å². The van der Waals surface area contributed by atoms with E-state index in [1.165, 1.54) is 8.61 Å². The molecule has 2 atom stereocenters. The minimum atomic E-state index is -3.54. The summed E-state index contributed by atoms with van der Waals surface area (Å²) in [6.07, 6.45) is -0.244. The van der Waals surface area contributed by atoms with Crippen LogP contribution in [0, 0.1) is 0 Å². The Morgan fingerprint density at radius 3 is 2.32 bits per heavy atom. The Morgan fingerprint density at radius 2 is 1.68 bits per heavy atom. The molecule has 2 aliphatic rings. The van der Waals surface area contributed by atoms with Gasteiger partial charge in [0.05, 0.1) is 12.2 Å². The zero-order chi connectivity index (χ0) is 19.9. The quantitative estimate of drug-likeness (QED) is 0.832. The molecule has 2 unspecified atom stereocenters. The lowest BCUT2D eigenvalue weighted by molar-refractivity contribution is -0.0457. The Hall–Kier alpha value is -1.94. The topological polar surface area (TPSA) is 86.0 Å². The SMILES string of the molecule is CC1CN(S(=O)(=O)N2CCN(C(=O)c3cc4ccccc4[nH]3)CC2)CC(C)O1. The van der Waals surface area contributed by atoms with E-state index < -0.39 is 10.2 Å². The molecule has 0 aliphatic carbocycles. The third-order valence-electron chi connectivity index (χ3n) is 5.32. The third kappa shape index (κ3) is 3.67. The van der Waals surface area contributed by atoms with Gasteiger partial charge in [0, 0.05) is 50.2 Å². The molecule has 4 rings (SSSR count). The summed E-state index contributed by atoms with van der Waals surface area (Å²) in [6, 6.07) is 9.58. The fourth-order valence-corrected chi connectivity index (χ4v) is 5.71. The van der Waals surface area contributed by atoms with Crippen LogP contribution in [0.25, 0.3) is 10.9 Å². The molecular weight excluding hydrogens is 380 g/mol. The zero-order valence-electron chi connectivity index (χ0n) is 16.2. The standard InChI is InChI=1S/C19H26N4O4S/c1-14-12-23(13-15(2)27-14)28(25,26)22-9-7-21(8-10-22)19(24)18-11-16-5-3-4-6-17(16)20-18/h3-6,11,14-15,20H,7-10,12-13H2,1-2H3. The number of piperazine rings is 1. The number of ether oxygens (including phenoxy) is 1. The third-order valence-corrected chi connectivity index (χ3v) is 7.29. The summed E-state index contributed by atoms with van der Waals surface area (Å²) >= 11 is 0. The molecule has 0 saturated carbocycles. The number of benzene rings is 1. The van der Waals surface area contributed by atoms with Crippen LogP contribution < -0.4 is 0 Å². The van der Waals surface area contributed by atoms with Crippen molar-refractivity contribution in [2.45, 2.75) is 26.1 Å². The molecule has 152 valence electrons. The summed E-state index contributed by atoms with van der Waals surface area (Å²) in [5, 5.41) is 0.989. The number of fused-ring (bicyclic) bond motifs is 1. The largest absolute Gasteiger partial charge is 0.373 e. The Labute approximate surface area is 165 Å². The fourth-order valence-electron chi connectivity index (χ4n) is 3.96. The van der Waals surface area contributed by atoms with E-state index in [0.29, 0.717) is 45.0 Å². The molecule has 8 nitrogen and oxygen atoms in total. The van der Waals surface area contributed by atoms with Crippen LogP contribution in [0.15, 0.2) is 30.3 Å². The van der Waals surface area contributed by atoms with Gasteiger partial charge in [-0.25, -0.2) is 0 Å². The van der Waals surface area contributed by atoms with Gasteiger partial charge in [-0.1, -0.05) is 18.2 Å². The van der Waals surface area contributed by atoms with Crippen molar-refractivity contribution in [3.63, 3.8) is 0 Å². The van der Waals surface area contributed by atoms with Gasteiger partial charge in [0.25, 0.3) is 16.1 Å². The molecule has 2 saturated heterocycles. The van der Waals surface area contributed by atoms with E-state index in [-0.39, 0.29) is 18.1 Å². The predicted octanol–water partition coefficient (Wildman–Crippen LogP) is 1.28. The maximum absolute atomic E-state index is 13.0. The van der Waals surface area contributed by atoms with E-state index in [9.17, 15) is 13.2 Å². The maximum Gasteiger partial charge on any atom is 0.282 e. The minimum Gasteiger partial charge on any atom is -0.373 e. The average molecular weight is 407 g/mol. The van der Waals surface area contributed by atoms with Crippen molar-refractivity contribution >= 4 is 27.0 Å². The molecule has 0 bridgehead atoms. The van der Waals surface area contributed by atoms with Crippen LogP contribution in [0.2, 0.25) is 0 Å². The van der Waals surface area contributed by atoms with E-state index in [2.05, 4.69) is 4.98 Å². The number of aromatic amines is 1. The lowest BCUT2D eigenvalue weighted by Crippen LogP contribution is -2.57. The number of amides is 1. The van der Waals surface area contributed by atoms with Crippen molar-refractivity contribution in [1.29, 1.82) is 0 Å². The van der Waals surface area contributed by atoms with E-state index in [1.54, 1.807) is 4.90 Å². The first-order valence-corrected chi connectivity index (χ1v) is 11.0. The number of aromatic nitrogens is 1. The van der Waals surface area contributed by atoms with E-state index in [0.717, 1.165) is 10.9 Å². The number of hydrogen-bond donors (Lipinski definition) is 1. The highest BCUT2D eigenvalue weighted by atomic mass is 32.2. The Kier molecular flexibility index (Phi) is 5.17. The van der Waals surface area contributed by atoms with Crippen molar-refractivity contribution in [1.82, 2.24) is 18.5 Å². The lowest BCUT2D eigenvalue weighted by Gasteiger charge is -2.40. The number of morpholine rings is 1. The van der Waals surface area contributed by atoms with E-state index >= 15 is 0 Å². The van der Waals surface area contributed by atoms with Crippen LogP contribution in [0.5, 0.6) is 0 Å². The first-order chi connectivity index (χ1) is 13.3.